The van der Waals surface area contributed by atoms with Gasteiger partial charge in [-0.3, -0.25) is 9.36 Å². The maximum atomic E-state index is 13.6. The molecule has 0 aliphatic heterocycles. The summed E-state index contributed by atoms with van der Waals surface area (Å²) in [6.07, 6.45) is 1.63. The summed E-state index contributed by atoms with van der Waals surface area (Å²) in [5, 5.41) is 9.23. The van der Waals surface area contributed by atoms with E-state index in [9.17, 15) is 9.18 Å². The van der Waals surface area contributed by atoms with Crippen LogP contribution in [0, 0.1) is 12.7 Å². The van der Waals surface area contributed by atoms with Crippen LogP contribution in [0.3, 0.4) is 0 Å². The van der Waals surface area contributed by atoms with Crippen LogP contribution in [0.25, 0.3) is 5.69 Å². The Hall–Kier alpha value is -1.34. The van der Waals surface area contributed by atoms with Gasteiger partial charge in [0.25, 0.3) is 0 Å². The number of aromatic nitrogens is 2. The van der Waals surface area contributed by atoms with Gasteiger partial charge in [0, 0.05) is 11.9 Å². The highest BCUT2D eigenvalue weighted by atomic mass is 79.9. The number of halogens is 2. The van der Waals surface area contributed by atoms with Crippen molar-refractivity contribution >= 4 is 33.7 Å². The zero-order valence-electron chi connectivity index (χ0n) is 9.93. The number of carboxylic acids is 1. The first-order chi connectivity index (χ1) is 8.99. The average molecular weight is 345 g/mol. The number of aliphatic carboxylic acids is 1. The van der Waals surface area contributed by atoms with Crippen LogP contribution in [0.4, 0.5) is 4.39 Å². The van der Waals surface area contributed by atoms with Crippen LogP contribution in [-0.2, 0) is 4.79 Å². The smallest absolute Gasteiger partial charge is 0.313 e. The van der Waals surface area contributed by atoms with E-state index in [-0.39, 0.29) is 11.6 Å². The Labute approximate surface area is 121 Å². The highest BCUT2D eigenvalue weighted by Gasteiger charge is 2.12. The molecule has 0 aliphatic rings. The predicted octanol–water partition coefficient (Wildman–Crippen LogP) is 3.26. The molecule has 0 atom stereocenters. The van der Waals surface area contributed by atoms with E-state index in [2.05, 4.69) is 20.9 Å². The summed E-state index contributed by atoms with van der Waals surface area (Å²) in [6.45, 7) is 1.83. The number of carbonyl (C=O) groups is 1. The molecule has 0 spiro atoms. The summed E-state index contributed by atoms with van der Waals surface area (Å²) in [6, 6.07) is 4.73. The van der Waals surface area contributed by atoms with E-state index in [0.29, 0.717) is 15.3 Å². The molecule has 0 amide bonds. The Bertz CT molecular complexity index is 630. The number of imidazole rings is 1. The van der Waals surface area contributed by atoms with E-state index in [1.807, 2.05) is 6.92 Å². The van der Waals surface area contributed by atoms with E-state index in [4.69, 9.17) is 5.11 Å². The van der Waals surface area contributed by atoms with Crippen molar-refractivity contribution < 1.29 is 14.3 Å². The molecule has 1 aromatic carbocycles. The van der Waals surface area contributed by atoms with Gasteiger partial charge in [-0.2, -0.15) is 0 Å². The minimum atomic E-state index is -0.917. The van der Waals surface area contributed by atoms with E-state index in [1.54, 1.807) is 22.9 Å². The minimum Gasteiger partial charge on any atom is -0.481 e. The maximum absolute atomic E-state index is 13.6. The van der Waals surface area contributed by atoms with Crippen molar-refractivity contribution in [3.05, 3.63) is 40.4 Å². The van der Waals surface area contributed by atoms with E-state index in [0.717, 1.165) is 17.5 Å². The molecule has 1 heterocycles. The number of carboxylic acid groups (broad SMARTS) is 1. The Morgan fingerprint density at radius 2 is 2.32 bits per heavy atom. The third-order valence-electron chi connectivity index (χ3n) is 2.39. The summed E-state index contributed by atoms with van der Waals surface area (Å²) in [5.74, 6) is -1.38. The van der Waals surface area contributed by atoms with E-state index in [1.165, 1.54) is 6.07 Å². The number of hydrogen-bond acceptors (Lipinski definition) is 3. The molecule has 0 saturated carbocycles. The van der Waals surface area contributed by atoms with Crippen LogP contribution in [0.5, 0.6) is 0 Å². The summed E-state index contributed by atoms with van der Waals surface area (Å²) < 4.78 is 15.7. The number of thioether (sulfide) groups is 1. The van der Waals surface area contributed by atoms with Crippen LogP contribution in [0.2, 0.25) is 0 Å². The van der Waals surface area contributed by atoms with Crippen molar-refractivity contribution in [3.63, 3.8) is 0 Å². The lowest BCUT2D eigenvalue weighted by atomic mass is 10.3. The van der Waals surface area contributed by atoms with Crippen molar-refractivity contribution in [2.75, 3.05) is 5.75 Å². The Kier molecular flexibility index (Phi) is 4.26. The largest absolute Gasteiger partial charge is 0.481 e. The summed E-state index contributed by atoms with van der Waals surface area (Å²) in [7, 11) is 0. The van der Waals surface area contributed by atoms with Gasteiger partial charge in [0.1, 0.15) is 5.82 Å². The van der Waals surface area contributed by atoms with Crippen molar-refractivity contribution in [1.29, 1.82) is 0 Å². The molecule has 4 nitrogen and oxygen atoms in total. The van der Waals surface area contributed by atoms with Crippen molar-refractivity contribution in [2.24, 2.45) is 0 Å². The molecule has 7 heteroatoms. The molecule has 100 valence electrons. The summed E-state index contributed by atoms with van der Waals surface area (Å²) in [5.41, 5.74) is 1.43. The zero-order valence-corrected chi connectivity index (χ0v) is 12.3. The van der Waals surface area contributed by atoms with E-state index < -0.39 is 5.97 Å². The van der Waals surface area contributed by atoms with Crippen molar-refractivity contribution in [1.82, 2.24) is 9.55 Å². The first-order valence-electron chi connectivity index (χ1n) is 5.33. The average Bonchev–Trinajstić information content (AvgIpc) is 2.71. The molecule has 0 radical (unpaired) electrons. The van der Waals surface area contributed by atoms with Crippen LogP contribution >= 0.6 is 27.7 Å². The van der Waals surface area contributed by atoms with Crippen LogP contribution < -0.4 is 0 Å². The molecule has 0 bridgehead atoms. The quantitative estimate of drug-likeness (QED) is 0.865. The fourth-order valence-corrected chi connectivity index (χ4v) is 2.59. The lowest BCUT2D eigenvalue weighted by Gasteiger charge is -2.09. The molecular formula is C12H10BrFN2O2S. The fraction of sp³-hybridized carbons (Fsp3) is 0.167. The SMILES string of the molecule is Cc1cnc(SCC(=O)O)n1-c1ccc(Br)c(F)c1. The molecule has 0 fully saturated rings. The highest BCUT2D eigenvalue weighted by Crippen LogP contribution is 2.25. The first kappa shape index (κ1) is 14.1. The first-order valence-corrected chi connectivity index (χ1v) is 7.11. The standard InChI is InChI=1S/C12H10BrFN2O2S/c1-7-5-15-12(19-6-11(17)18)16(7)8-2-3-9(13)10(14)4-8/h2-5H,6H2,1H3,(H,17,18). The van der Waals surface area contributed by atoms with Gasteiger partial charge >= 0.3 is 5.97 Å². The van der Waals surface area contributed by atoms with Gasteiger partial charge in [0.15, 0.2) is 5.16 Å². The van der Waals surface area contributed by atoms with Gasteiger partial charge < -0.3 is 5.11 Å². The molecular weight excluding hydrogens is 335 g/mol. The predicted molar refractivity (Wildman–Crippen MR) is 74.3 cm³/mol. The summed E-state index contributed by atoms with van der Waals surface area (Å²) in [4.78, 5) is 14.7. The number of nitrogens with zero attached hydrogens (tertiary/aromatic N) is 2. The molecule has 2 aromatic rings. The van der Waals surface area contributed by atoms with Crippen LogP contribution in [0.15, 0.2) is 34.0 Å². The zero-order chi connectivity index (χ0) is 14.0. The van der Waals surface area contributed by atoms with Crippen LogP contribution in [0.1, 0.15) is 5.69 Å². The van der Waals surface area contributed by atoms with Crippen molar-refractivity contribution in [3.8, 4) is 5.69 Å². The molecule has 19 heavy (non-hydrogen) atoms. The minimum absolute atomic E-state index is 0.0878. The summed E-state index contributed by atoms with van der Waals surface area (Å²) >= 11 is 4.20. The number of aryl methyl sites for hydroxylation is 1. The number of benzene rings is 1. The molecule has 0 saturated heterocycles. The second-order valence-corrected chi connectivity index (χ2v) is 5.60. The molecule has 2 rings (SSSR count). The Balaban J connectivity index is 2.40. The third kappa shape index (κ3) is 3.16. The number of hydrogen-bond donors (Lipinski definition) is 1. The van der Waals surface area contributed by atoms with Gasteiger partial charge in [-0.05, 0) is 41.1 Å². The second-order valence-electron chi connectivity index (χ2n) is 3.80. The van der Waals surface area contributed by atoms with Crippen LogP contribution in [-0.4, -0.2) is 26.4 Å². The normalized spacial score (nSPS) is 10.7. The van der Waals surface area contributed by atoms with Gasteiger partial charge in [-0.1, -0.05) is 11.8 Å². The molecule has 0 unspecified atom stereocenters. The molecule has 0 aliphatic carbocycles. The van der Waals surface area contributed by atoms with Gasteiger partial charge in [0.05, 0.1) is 15.9 Å². The maximum Gasteiger partial charge on any atom is 0.313 e. The lowest BCUT2D eigenvalue weighted by Crippen LogP contribution is -2.03. The van der Waals surface area contributed by atoms with Gasteiger partial charge in [-0.25, -0.2) is 9.37 Å². The number of rotatable bonds is 4. The van der Waals surface area contributed by atoms with Crippen molar-refractivity contribution in [2.45, 2.75) is 12.1 Å². The monoisotopic (exact) mass is 344 g/mol. The molecule has 1 N–H and O–H groups in total. The second kappa shape index (κ2) is 5.75. The lowest BCUT2D eigenvalue weighted by molar-refractivity contribution is -0.133. The van der Waals surface area contributed by atoms with Gasteiger partial charge in [0.2, 0.25) is 0 Å². The fourth-order valence-electron chi connectivity index (χ4n) is 1.58. The van der Waals surface area contributed by atoms with E-state index >= 15 is 0 Å². The molecule has 1 aromatic heterocycles. The Morgan fingerprint density at radius 1 is 1.58 bits per heavy atom. The highest BCUT2D eigenvalue weighted by molar-refractivity contribution is 9.10. The topological polar surface area (TPSA) is 55.1 Å². The van der Waals surface area contributed by atoms with Gasteiger partial charge in [-0.15, -0.1) is 0 Å². The third-order valence-corrected chi connectivity index (χ3v) is 3.97. The Morgan fingerprint density at radius 3 is 2.95 bits per heavy atom.